The minimum Gasteiger partial charge on any atom is -0.451 e. The number of hydrogen-bond donors (Lipinski definition) is 1. The molecule has 1 amide bonds. The van der Waals surface area contributed by atoms with Crippen LogP contribution in [0.1, 0.15) is 6.92 Å². The Labute approximate surface area is 149 Å². The number of aromatic nitrogens is 2. The number of hydrogen-bond acceptors (Lipinski definition) is 5. The number of carbonyl (C=O) groups is 2. The second-order valence-electron chi connectivity index (χ2n) is 5.68. The number of nitrogens with zero attached hydrogens (tertiary/aromatic N) is 2. The Balaban J connectivity index is 1.64. The van der Waals surface area contributed by atoms with E-state index >= 15 is 0 Å². The molecule has 0 aliphatic rings. The lowest BCUT2D eigenvalue weighted by molar-refractivity contribution is -0.153. The van der Waals surface area contributed by atoms with Gasteiger partial charge in [-0.25, -0.2) is 4.98 Å². The van der Waals surface area contributed by atoms with Gasteiger partial charge < -0.3 is 10.1 Å². The summed E-state index contributed by atoms with van der Waals surface area (Å²) in [5.41, 5.74) is 0.821. The maximum atomic E-state index is 12.4. The van der Waals surface area contributed by atoms with Gasteiger partial charge in [-0.1, -0.05) is 30.3 Å². The normalized spacial score (nSPS) is 11.7. The second kappa shape index (κ2) is 7.60. The molecule has 0 radical (unpaired) electrons. The molecule has 1 N–H and O–H groups in total. The summed E-state index contributed by atoms with van der Waals surface area (Å²) >= 11 is 0. The highest BCUT2D eigenvalue weighted by atomic mass is 16.5. The molecule has 0 aliphatic carbocycles. The molecule has 1 heterocycles. The second-order valence-corrected chi connectivity index (χ2v) is 5.68. The molecule has 1 aromatic heterocycles. The average molecular weight is 351 g/mol. The van der Waals surface area contributed by atoms with Gasteiger partial charge in [0.15, 0.2) is 6.10 Å². The van der Waals surface area contributed by atoms with Crippen LogP contribution >= 0.6 is 0 Å². The number of fused-ring (bicyclic) bond motifs is 1. The highest BCUT2D eigenvalue weighted by molar-refractivity contribution is 5.95. The van der Waals surface area contributed by atoms with Crippen molar-refractivity contribution in [3.63, 3.8) is 0 Å². The highest BCUT2D eigenvalue weighted by Crippen LogP contribution is 2.07. The summed E-state index contributed by atoms with van der Waals surface area (Å²) in [4.78, 5) is 40.7. The van der Waals surface area contributed by atoms with Gasteiger partial charge in [0.25, 0.3) is 11.5 Å². The summed E-state index contributed by atoms with van der Waals surface area (Å²) in [5.74, 6) is -1.14. The predicted octanol–water partition coefficient (Wildman–Crippen LogP) is 1.97. The molecule has 26 heavy (non-hydrogen) atoms. The Kier molecular flexibility index (Phi) is 5.07. The standard InChI is InChI=1S/C19H17N3O4/c1-13(18(24)21-14-7-3-2-4-8-14)26-17(23)11-22-12-20-16-10-6-5-9-15(16)19(22)25/h2-10,12-13H,11H2,1H3,(H,21,24)/t13-/m0/s1. The summed E-state index contributed by atoms with van der Waals surface area (Å²) in [6.07, 6.45) is 0.299. The minimum atomic E-state index is -0.994. The molecule has 3 aromatic rings. The zero-order valence-corrected chi connectivity index (χ0v) is 14.1. The van der Waals surface area contributed by atoms with Crippen molar-refractivity contribution in [2.75, 3.05) is 5.32 Å². The largest absolute Gasteiger partial charge is 0.451 e. The summed E-state index contributed by atoms with van der Waals surface area (Å²) in [7, 11) is 0. The predicted molar refractivity (Wildman–Crippen MR) is 96.6 cm³/mol. The van der Waals surface area contributed by atoms with Crippen molar-refractivity contribution in [2.24, 2.45) is 0 Å². The molecule has 2 aromatic carbocycles. The zero-order valence-electron chi connectivity index (χ0n) is 14.1. The van der Waals surface area contributed by atoms with Gasteiger partial charge in [0, 0.05) is 5.69 Å². The third kappa shape index (κ3) is 3.94. The van der Waals surface area contributed by atoms with Crippen molar-refractivity contribution < 1.29 is 14.3 Å². The van der Waals surface area contributed by atoms with Crippen LogP contribution in [-0.4, -0.2) is 27.5 Å². The lowest BCUT2D eigenvalue weighted by atomic mass is 10.2. The number of amides is 1. The van der Waals surface area contributed by atoms with E-state index in [2.05, 4.69) is 10.3 Å². The molecule has 0 unspecified atom stereocenters. The van der Waals surface area contributed by atoms with Crippen LogP contribution in [0.15, 0.2) is 65.7 Å². The summed E-state index contributed by atoms with van der Waals surface area (Å²) in [5, 5.41) is 3.06. The van der Waals surface area contributed by atoms with Gasteiger partial charge >= 0.3 is 5.97 Å². The Morgan fingerprint density at radius 3 is 2.58 bits per heavy atom. The van der Waals surface area contributed by atoms with E-state index in [9.17, 15) is 14.4 Å². The summed E-state index contributed by atoms with van der Waals surface area (Å²) in [6, 6.07) is 15.7. The molecule has 0 bridgehead atoms. The fourth-order valence-corrected chi connectivity index (χ4v) is 2.41. The fraction of sp³-hybridized carbons (Fsp3) is 0.158. The van der Waals surface area contributed by atoms with Crippen LogP contribution in [0.4, 0.5) is 5.69 Å². The first-order chi connectivity index (χ1) is 12.5. The van der Waals surface area contributed by atoms with Crippen molar-refractivity contribution in [3.05, 3.63) is 71.3 Å². The lowest BCUT2D eigenvalue weighted by Crippen LogP contribution is -2.33. The van der Waals surface area contributed by atoms with Crippen LogP contribution in [0.2, 0.25) is 0 Å². The molecule has 0 aliphatic heterocycles. The van der Waals surface area contributed by atoms with E-state index in [-0.39, 0.29) is 12.1 Å². The molecule has 1 atom stereocenters. The van der Waals surface area contributed by atoms with Gasteiger partial charge in [-0.15, -0.1) is 0 Å². The van der Waals surface area contributed by atoms with E-state index in [0.717, 1.165) is 4.57 Å². The lowest BCUT2D eigenvalue weighted by Gasteiger charge is -2.14. The van der Waals surface area contributed by atoms with Crippen molar-refractivity contribution in [1.29, 1.82) is 0 Å². The number of ether oxygens (including phenoxy) is 1. The van der Waals surface area contributed by atoms with Crippen LogP contribution in [0.25, 0.3) is 10.9 Å². The van der Waals surface area contributed by atoms with Gasteiger partial charge in [0.1, 0.15) is 6.54 Å². The third-order valence-corrected chi connectivity index (χ3v) is 3.75. The first-order valence-electron chi connectivity index (χ1n) is 8.04. The molecule has 0 fully saturated rings. The average Bonchev–Trinajstić information content (AvgIpc) is 2.65. The zero-order chi connectivity index (χ0) is 18.5. The van der Waals surface area contributed by atoms with Crippen LogP contribution in [0.5, 0.6) is 0 Å². The SMILES string of the molecule is C[C@H](OC(=O)Cn1cnc2ccccc2c1=O)C(=O)Nc1ccccc1. The Morgan fingerprint density at radius 2 is 1.81 bits per heavy atom. The summed E-state index contributed by atoms with van der Waals surface area (Å²) < 4.78 is 6.28. The van der Waals surface area contributed by atoms with E-state index in [4.69, 9.17) is 4.74 Å². The van der Waals surface area contributed by atoms with Gasteiger partial charge in [-0.2, -0.15) is 0 Å². The van der Waals surface area contributed by atoms with Crippen LogP contribution in [0.3, 0.4) is 0 Å². The van der Waals surface area contributed by atoms with Crippen LogP contribution in [0, 0.1) is 0 Å². The fourth-order valence-electron chi connectivity index (χ4n) is 2.41. The molecule has 7 nitrogen and oxygen atoms in total. The molecule has 7 heteroatoms. The topological polar surface area (TPSA) is 90.3 Å². The van der Waals surface area contributed by atoms with Gasteiger partial charge in [0.05, 0.1) is 17.2 Å². The van der Waals surface area contributed by atoms with Crippen molar-refractivity contribution in [3.8, 4) is 0 Å². The molecule has 0 saturated carbocycles. The van der Waals surface area contributed by atoms with Gasteiger partial charge in [0.2, 0.25) is 0 Å². The molecule has 0 saturated heterocycles. The Bertz CT molecular complexity index is 998. The molecule has 3 rings (SSSR count). The molecule has 132 valence electrons. The minimum absolute atomic E-state index is 0.320. The first kappa shape index (κ1) is 17.3. The van der Waals surface area contributed by atoms with Gasteiger partial charge in [-0.3, -0.25) is 19.0 Å². The van der Waals surface area contributed by atoms with E-state index in [0.29, 0.717) is 16.6 Å². The van der Waals surface area contributed by atoms with Crippen molar-refractivity contribution in [2.45, 2.75) is 19.6 Å². The number of rotatable bonds is 5. The van der Waals surface area contributed by atoms with Crippen molar-refractivity contribution in [1.82, 2.24) is 9.55 Å². The molecule has 0 spiro atoms. The number of carbonyl (C=O) groups excluding carboxylic acids is 2. The number of nitrogens with one attached hydrogen (secondary N) is 1. The van der Waals surface area contributed by atoms with Crippen LogP contribution in [-0.2, 0) is 20.9 Å². The number of benzene rings is 2. The first-order valence-corrected chi connectivity index (χ1v) is 8.04. The molecular weight excluding hydrogens is 334 g/mol. The Morgan fingerprint density at radius 1 is 1.12 bits per heavy atom. The Hall–Kier alpha value is -3.48. The number of anilines is 1. The molecular formula is C19H17N3O4. The van der Waals surface area contributed by atoms with Gasteiger partial charge in [-0.05, 0) is 31.2 Å². The number of esters is 1. The number of para-hydroxylation sites is 2. The van der Waals surface area contributed by atoms with E-state index in [1.807, 2.05) is 6.07 Å². The van der Waals surface area contributed by atoms with Crippen molar-refractivity contribution >= 4 is 28.5 Å². The van der Waals surface area contributed by atoms with E-state index < -0.39 is 18.0 Å². The van der Waals surface area contributed by atoms with E-state index in [1.54, 1.807) is 48.5 Å². The smallest absolute Gasteiger partial charge is 0.326 e. The van der Waals surface area contributed by atoms with E-state index in [1.165, 1.54) is 13.3 Å². The van der Waals surface area contributed by atoms with Crippen LogP contribution < -0.4 is 10.9 Å². The highest BCUT2D eigenvalue weighted by Gasteiger charge is 2.18. The monoisotopic (exact) mass is 351 g/mol. The maximum absolute atomic E-state index is 12.4. The summed E-state index contributed by atoms with van der Waals surface area (Å²) in [6.45, 7) is 1.15. The third-order valence-electron chi connectivity index (χ3n) is 3.75. The quantitative estimate of drug-likeness (QED) is 0.710. The maximum Gasteiger partial charge on any atom is 0.326 e.